The highest BCUT2D eigenvalue weighted by Crippen LogP contribution is 2.40. The van der Waals surface area contributed by atoms with E-state index in [9.17, 15) is 9.18 Å². The molecule has 5 rings (SSSR count). The Labute approximate surface area is 207 Å². The standard InChI is InChI=1S/C25H30FN5O3S/c1-33-20-7-6-19(31-12-14-34-15-13-31)22-21(20)29-24(35-22)30-23(32)25(8-10-27-11-9-25)16-28-18-4-2-17(26)3-5-18/h2-7,27-28H,8-16H2,1H3,(H,29,30,32). The molecule has 0 spiro atoms. The van der Waals surface area contributed by atoms with Gasteiger partial charge in [-0.1, -0.05) is 11.3 Å². The fourth-order valence-electron chi connectivity index (χ4n) is 4.70. The minimum Gasteiger partial charge on any atom is -0.494 e. The Bertz CT molecular complexity index is 1170. The van der Waals surface area contributed by atoms with E-state index in [4.69, 9.17) is 14.5 Å². The van der Waals surface area contributed by atoms with Crippen LogP contribution < -0.4 is 25.6 Å². The average Bonchev–Trinajstić information content (AvgIpc) is 3.32. The fraction of sp³-hybridized carbons (Fsp3) is 0.440. The van der Waals surface area contributed by atoms with E-state index < -0.39 is 5.41 Å². The number of piperidine rings is 1. The summed E-state index contributed by atoms with van der Waals surface area (Å²) < 4.78 is 25.4. The molecule has 186 valence electrons. The number of halogens is 1. The van der Waals surface area contributed by atoms with Gasteiger partial charge in [-0.25, -0.2) is 9.37 Å². The molecule has 2 fully saturated rings. The SMILES string of the molecule is COc1ccc(N2CCOCC2)c2sc(NC(=O)C3(CNc4ccc(F)cc4)CCNCC3)nc12. The summed E-state index contributed by atoms with van der Waals surface area (Å²) in [4.78, 5) is 20.7. The number of methoxy groups -OCH3 is 1. The van der Waals surface area contributed by atoms with Crippen molar-refractivity contribution in [3.63, 3.8) is 0 Å². The zero-order valence-corrected chi connectivity index (χ0v) is 20.5. The second-order valence-electron chi connectivity index (χ2n) is 8.93. The summed E-state index contributed by atoms with van der Waals surface area (Å²) in [6, 6.07) is 10.2. The Morgan fingerprint density at radius 3 is 2.66 bits per heavy atom. The van der Waals surface area contributed by atoms with E-state index >= 15 is 0 Å². The van der Waals surface area contributed by atoms with Crippen LogP contribution in [0.1, 0.15) is 12.8 Å². The molecular formula is C25H30FN5O3S. The number of anilines is 3. The number of benzene rings is 2. The first-order valence-electron chi connectivity index (χ1n) is 11.9. The minimum atomic E-state index is -0.603. The van der Waals surface area contributed by atoms with Crippen LogP contribution in [0.3, 0.4) is 0 Å². The van der Waals surface area contributed by atoms with Crippen molar-refractivity contribution in [1.82, 2.24) is 10.3 Å². The van der Waals surface area contributed by atoms with Crippen molar-refractivity contribution in [2.24, 2.45) is 5.41 Å². The Morgan fingerprint density at radius 2 is 1.94 bits per heavy atom. The third-order valence-corrected chi connectivity index (χ3v) is 7.79. The van der Waals surface area contributed by atoms with Gasteiger partial charge in [0.25, 0.3) is 0 Å². The molecule has 3 N–H and O–H groups in total. The van der Waals surface area contributed by atoms with E-state index in [1.54, 1.807) is 19.2 Å². The number of fused-ring (bicyclic) bond motifs is 1. The van der Waals surface area contributed by atoms with Crippen molar-refractivity contribution < 1.29 is 18.7 Å². The van der Waals surface area contributed by atoms with E-state index in [1.807, 2.05) is 6.07 Å². The van der Waals surface area contributed by atoms with Gasteiger partial charge in [0.15, 0.2) is 5.13 Å². The summed E-state index contributed by atoms with van der Waals surface area (Å²) >= 11 is 1.47. The molecule has 2 aromatic carbocycles. The van der Waals surface area contributed by atoms with Gasteiger partial charge in [0.2, 0.25) is 5.91 Å². The van der Waals surface area contributed by atoms with E-state index in [-0.39, 0.29) is 11.7 Å². The van der Waals surface area contributed by atoms with Gasteiger partial charge in [-0.3, -0.25) is 4.79 Å². The molecule has 1 aromatic heterocycles. The van der Waals surface area contributed by atoms with Gasteiger partial charge in [0.1, 0.15) is 17.1 Å². The topological polar surface area (TPSA) is 87.8 Å². The number of ether oxygens (including phenoxy) is 2. The van der Waals surface area contributed by atoms with E-state index in [0.717, 1.165) is 47.8 Å². The molecule has 0 saturated carbocycles. The maximum Gasteiger partial charge on any atom is 0.234 e. The molecule has 0 atom stereocenters. The molecule has 2 aliphatic rings. The summed E-state index contributed by atoms with van der Waals surface area (Å²) in [5.41, 5.74) is 2.02. The summed E-state index contributed by atoms with van der Waals surface area (Å²) in [6.45, 7) is 4.97. The lowest BCUT2D eigenvalue weighted by Gasteiger charge is -2.36. The van der Waals surface area contributed by atoms with Gasteiger partial charge >= 0.3 is 0 Å². The average molecular weight is 500 g/mol. The molecule has 35 heavy (non-hydrogen) atoms. The van der Waals surface area contributed by atoms with Gasteiger partial charge in [-0.2, -0.15) is 0 Å². The third kappa shape index (κ3) is 5.05. The zero-order chi connectivity index (χ0) is 24.3. The largest absolute Gasteiger partial charge is 0.494 e. The van der Waals surface area contributed by atoms with Crippen molar-refractivity contribution in [2.75, 3.05) is 68.6 Å². The molecule has 0 unspecified atom stereocenters. The van der Waals surface area contributed by atoms with Crippen molar-refractivity contribution in [2.45, 2.75) is 12.8 Å². The van der Waals surface area contributed by atoms with E-state index in [1.165, 1.54) is 23.5 Å². The minimum absolute atomic E-state index is 0.0560. The van der Waals surface area contributed by atoms with Crippen molar-refractivity contribution in [1.29, 1.82) is 0 Å². The van der Waals surface area contributed by atoms with Crippen LogP contribution in [-0.4, -0.2) is 63.9 Å². The second-order valence-corrected chi connectivity index (χ2v) is 9.93. The molecular weight excluding hydrogens is 469 g/mol. The molecule has 3 heterocycles. The molecule has 0 bridgehead atoms. The lowest BCUT2D eigenvalue weighted by atomic mass is 9.78. The second kappa shape index (κ2) is 10.3. The van der Waals surface area contributed by atoms with Gasteiger partial charge in [-0.15, -0.1) is 0 Å². The predicted octanol–water partition coefficient (Wildman–Crippen LogP) is 3.70. The van der Waals surface area contributed by atoms with Crippen LogP contribution in [-0.2, 0) is 9.53 Å². The Hall–Kier alpha value is -2.95. The number of rotatable bonds is 7. The summed E-state index contributed by atoms with van der Waals surface area (Å²) in [5, 5.41) is 10.3. The number of hydrogen-bond acceptors (Lipinski definition) is 8. The maximum absolute atomic E-state index is 13.7. The van der Waals surface area contributed by atoms with Gasteiger partial charge in [0.05, 0.1) is 36.1 Å². The smallest absolute Gasteiger partial charge is 0.234 e. The van der Waals surface area contributed by atoms with Crippen molar-refractivity contribution >= 4 is 44.0 Å². The van der Waals surface area contributed by atoms with Gasteiger partial charge in [-0.05, 0) is 62.3 Å². The van der Waals surface area contributed by atoms with E-state index in [0.29, 0.717) is 43.5 Å². The predicted molar refractivity (Wildman–Crippen MR) is 137 cm³/mol. The number of amides is 1. The molecule has 0 aliphatic carbocycles. The first-order chi connectivity index (χ1) is 17.1. The maximum atomic E-state index is 13.7. The normalized spacial score (nSPS) is 17.8. The highest BCUT2D eigenvalue weighted by atomic mass is 32.1. The number of aromatic nitrogens is 1. The van der Waals surface area contributed by atoms with Gasteiger partial charge < -0.3 is 30.3 Å². The van der Waals surface area contributed by atoms with Crippen LogP contribution in [0.2, 0.25) is 0 Å². The van der Waals surface area contributed by atoms with Crippen molar-refractivity contribution in [3.05, 3.63) is 42.2 Å². The fourth-order valence-corrected chi connectivity index (χ4v) is 5.72. The lowest BCUT2D eigenvalue weighted by molar-refractivity contribution is -0.126. The highest BCUT2D eigenvalue weighted by Gasteiger charge is 2.40. The number of morpholine rings is 1. The Balaban J connectivity index is 1.39. The Morgan fingerprint density at radius 1 is 1.20 bits per heavy atom. The number of carbonyl (C=O) groups excluding carboxylic acids is 1. The van der Waals surface area contributed by atoms with Crippen LogP contribution in [0, 0.1) is 11.2 Å². The molecule has 8 nitrogen and oxygen atoms in total. The molecule has 2 saturated heterocycles. The number of thiazole rings is 1. The molecule has 10 heteroatoms. The molecule has 3 aromatic rings. The number of carbonyl (C=O) groups is 1. The lowest BCUT2D eigenvalue weighted by Crippen LogP contribution is -2.48. The molecule has 0 radical (unpaired) electrons. The number of nitrogens with one attached hydrogen (secondary N) is 3. The van der Waals surface area contributed by atoms with Crippen LogP contribution in [0.25, 0.3) is 10.2 Å². The van der Waals surface area contributed by atoms with Crippen LogP contribution in [0.5, 0.6) is 5.75 Å². The molecule has 1 amide bonds. The summed E-state index contributed by atoms with van der Waals surface area (Å²) in [5.74, 6) is 0.343. The monoisotopic (exact) mass is 499 g/mol. The van der Waals surface area contributed by atoms with Gasteiger partial charge in [0, 0.05) is 25.3 Å². The first-order valence-corrected chi connectivity index (χ1v) is 12.7. The zero-order valence-electron chi connectivity index (χ0n) is 19.7. The summed E-state index contributed by atoms with van der Waals surface area (Å²) in [7, 11) is 1.63. The number of hydrogen-bond donors (Lipinski definition) is 3. The highest BCUT2D eigenvalue weighted by molar-refractivity contribution is 7.23. The van der Waals surface area contributed by atoms with Crippen LogP contribution in [0.4, 0.5) is 20.9 Å². The Kier molecular flexibility index (Phi) is 7.03. The molecule has 2 aliphatic heterocycles. The third-order valence-electron chi connectivity index (χ3n) is 6.80. The van der Waals surface area contributed by atoms with Crippen molar-refractivity contribution in [3.8, 4) is 5.75 Å². The first kappa shape index (κ1) is 23.8. The van der Waals surface area contributed by atoms with Crippen LogP contribution in [0.15, 0.2) is 36.4 Å². The summed E-state index contributed by atoms with van der Waals surface area (Å²) in [6.07, 6.45) is 1.39. The number of nitrogens with zero attached hydrogens (tertiary/aromatic N) is 2. The quantitative estimate of drug-likeness (QED) is 0.457. The van der Waals surface area contributed by atoms with Crippen LogP contribution >= 0.6 is 11.3 Å². The van der Waals surface area contributed by atoms with E-state index in [2.05, 4.69) is 26.9 Å².